The van der Waals surface area contributed by atoms with Gasteiger partial charge in [-0.1, -0.05) is 65.2 Å². The van der Waals surface area contributed by atoms with Gasteiger partial charge in [0.1, 0.15) is 0 Å². The second kappa shape index (κ2) is 12.4. The topological polar surface area (TPSA) is 40.5 Å². The first-order chi connectivity index (χ1) is 8.20. The first-order valence-electron chi connectivity index (χ1n) is 7.56. The van der Waals surface area contributed by atoms with Crippen molar-refractivity contribution in [2.45, 2.75) is 96.7 Å². The number of unbranched alkanes of at least 4 members (excludes halogenated alkanes) is 7. The molecule has 0 amide bonds. The highest BCUT2D eigenvalue weighted by Crippen LogP contribution is 2.13. The van der Waals surface area contributed by atoms with E-state index in [0.29, 0.717) is 6.42 Å². The van der Waals surface area contributed by atoms with Crippen molar-refractivity contribution in [3.8, 4) is 0 Å². The Morgan fingerprint density at radius 3 is 1.76 bits per heavy atom. The van der Waals surface area contributed by atoms with Gasteiger partial charge in [0.25, 0.3) is 0 Å². The van der Waals surface area contributed by atoms with Crippen LogP contribution in [0.15, 0.2) is 0 Å². The van der Waals surface area contributed by atoms with Crippen molar-refractivity contribution < 1.29 is 10.2 Å². The fourth-order valence-corrected chi connectivity index (χ4v) is 2.11. The fourth-order valence-electron chi connectivity index (χ4n) is 2.11. The standard InChI is InChI=1S/C15H32O2/c1-3-5-6-7-8-9-10-11-12-15(17)13-14(16)4-2/h14-17H,3-13H2,1-2H3. The summed E-state index contributed by atoms with van der Waals surface area (Å²) in [6, 6.07) is 0. The molecular formula is C15H32O2. The highest BCUT2D eigenvalue weighted by atomic mass is 16.3. The molecule has 0 saturated heterocycles. The Morgan fingerprint density at radius 1 is 0.706 bits per heavy atom. The van der Waals surface area contributed by atoms with E-state index in [0.717, 1.165) is 19.3 Å². The zero-order valence-electron chi connectivity index (χ0n) is 11.8. The number of aliphatic hydroxyl groups is 2. The molecule has 2 atom stereocenters. The van der Waals surface area contributed by atoms with Crippen LogP contribution >= 0.6 is 0 Å². The molecule has 2 unspecified atom stereocenters. The molecule has 0 aliphatic rings. The molecule has 0 spiro atoms. The monoisotopic (exact) mass is 244 g/mol. The molecule has 2 nitrogen and oxygen atoms in total. The molecular weight excluding hydrogens is 212 g/mol. The van der Waals surface area contributed by atoms with Crippen LogP contribution < -0.4 is 0 Å². The SMILES string of the molecule is CCCCCCCCCCC(O)CC(O)CC. The summed E-state index contributed by atoms with van der Waals surface area (Å²) in [6.45, 7) is 4.19. The van der Waals surface area contributed by atoms with Gasteiger partial charge >= 0.3 is 0 Å². The van der Waals surface area contributed by atoms with Gasteiger partial charge in [0.15, 0.2) is 0 Å². The number of aliphatic hydroxyl groups excluding tert-OH is 2. The largest absolute Gasteiger partial charge is 0.393 e. The maximum atomic E-state index is 9.66. The third-order valence-electron chi connectivity index (χ3n) is 3.41. The normalized spacial score (nSPS) is 14.8. The molecule has 2 heteroatoms. The van der Waals surface area contributed by atoms with Crippen molar-refractivity contribution in [3.05, 3.63) is 0 Å². The third kappa shape index (κ3) is 12.2. The van der Waals surface area contributed by atoms with E-state index in [9.17, 15) is 10.2 Å². The van der Waals surface area contributed by atoms with Gasteiger partial charge in [-0.15, -0.1) is 0 Å². The van der Waals surface area contributed by atoms with Gasteiger partial charge in [-0.25, -0.2) is 0 Å². The van der Waals surface area contributed by atoms with Crippen molar-refractivity contribution in [1.29, 1.82) is 0 Å². The molecule has 0 aliphatic carbocycles. The molecule has 0 aliphatic heterocycles. The molecule has 0 aromatic carbocycles. The second-order valence-corrected chi connectivity index (χ2v) is 5.22. The maximum Gasteiger partial charge on any atom is 0.0564 e. The Labute approximate surface area is 107 Å². The lowest BCUT2D eigenvalue weighted by molar-refractivity contribution is 0.0721. The van der Waals surface area contributed by atoms with Gasteiger partial charge in [-0.2, -0.15) is 0 Å². The summed E-state index contributed by atoms with van der Waals surface area (Å²) < 4.78 is 0. The van der Waals surface area contributed by atoms with Crippen molar-refractivity contribution in [2.24, 2.45) is 0 Å². The van der Waals surface area contributed by atoms with E-state index in [2.05, 4.69) is 6.92 Å². The van der Waals surface area contributed by atoms with Crippen LogP contribution in [0.4, 0.5) is 0 Å². The van der Waals surface area contributed by atoms with Crippen LogP contribution in [0, 0.1) is 0 Å². The maximum absolute atomic E-state index is 9.66. The van der Waals surface area contributed by atoms with Gasteiger partial charge < -0.3 is 10.2 Å². The average molecular weight is 244 g/mol. The van der Waals surface area contributed by atoms with E-state index in [-0.39, 0.29) is 12.2 Å². The summed E-state index contributed by atoms with van der Waals surface area (Å²) in [5.41, 5.74) is 0. The van der Waals surface area contributed by atoms with E-state index in [1.54, 1.807) is 0 Å². The molecule has 0 aromatic heterocycles. The van der Waals surface area contributed by atoms with Crippen LogP contribution in [0.1, 0.15) is 84.5 Å². The van der Waals surface area contributed by atoms with Gasteiger partial charge in [0.05, 0.1) is 12.2 Å². The molecule has 0 saturated carbocycles. The van der Waals surface area contributed by atoms with Crippen molar-refractivity contribution in [2.75, 3.05) is 0 Å². The molecule has 0 aromatic rings. The van der Waals surface area contributed by atoms with Crippen molar-refractivity contribution in [3.63, 3.8) is 0 Å². The molecule has 0 radical (unpaired) electrons. The van der Waals surface area contributed by atoms with Crippen LogP contribution in [-0.4, -0.2) is 22.4 Å². The highest BCUT2D eigenvalue weighted by molar-refractivity contribution is 4.62. The summed E-state index contributed by atoms with van der Waals surface area (Å²) in [7, 11) is 0. The lowest BCUT2D eigenvalue weighted by Crippen LogP contribution is -2.16. The van der Waals surface area contributed by atoms with Gasteiger partial charge in [-0.05, 0) is 19.3 Å². The average Bonchev–Trinajstić information content (AvgIpc) is 2.32. The van der Waals surface area contributed by atoms with E-state index in [4.69, 9.17) is 0 Å². The zero-order valence-corrected chi connectivity index (χ0v) is 11.8. The molecule has 0 bridgehead atoms. The van der Waals surface area contributed by atoms with Crippen LogP contribution in [0.25, 0.3) is 0 Å². The summed E-state index contributed by atoms with van der Waals surface area (Å²) >= 11 is 0. The van der Waals surface area contributed by atoms with Gasteiger partial charge in [0.2, 0.25) is 0 Å². The predicted molar refractivity (Wildman–Crippen MR) is 74.1 cm³/mol. The Bertz CT molecular complexity index is 148. The van der Waals surface area contributed by atoms with Gasteiger partial charge in [0, 0.05) is 0 Å². The second-order valence-electron chi connectivity index (χ2n) is 5.22. The van der Waals surface area contributed by atoms with Crippen molar-refractivity contribution >= 4 is 0 Å². The molecule has 0 fully saturated rings. The first-order valence-corrected chi connectivity index (χ1v) is 7.56. The minimum atomic E-state index is -0.320. The van der Waals surface area contributed by atoms with E-state index in [1.165, 1.54) is 44.9 Å². The lowest BCUT2D eigenvalue weighted by Gasteiger charge is -2.13. The highest BCUT2D eigenvalue weighted by Gasteiger charge is 2.09. The summed E-state index contributed by atoms with van der Waals surface area (Å²) in [5.74, 6) is 0. The number of hydrogen-bond acceptors (Lipinski definition) is 2. The van der Waals surface area contributed by atoms with E-state index in [1.807, 2.05) is 6.92 Å². The fraction of sp³-hybridized carbons (Fsp3) is 1.00. The van der Waals surface area contributed by atoms with Crippen LogP contribution in [-0.2, 0) is 0 Å². The minimum Gasteiger partial charge on any atom is -0.393 e. The van der Waals surface area contributed by atoms with Gasteiger partial charge in [-0.3, -0.25) is 0 Å². The lowest BCUT2D eigenvalue weighted by atomic mass is 10.0. The Balaban J connectivity index is 3.16. The Kier molecular flexibility index (Phi) is 12.3. The Morgan fingerprint density at radius 2 is 1.24 bits per heavy atom. The summed E-state index contributed by atoms with van der Waals surface area (Å²) in [5, 5.41) is 19.1. The zero-order chi connectivity index (χ0) is 12.9. The molecule has 104 valence electrons. The number of rotatable bonds is 12. The quantitative estimate of drug-likeness (QED) is 0.509. The molecule has 2 N–H and O–H groups in total. The van der Waals surface area contributed by atoms with Crippen LogP contribution in [0.2, 0.25) is 0 Å². The molecule has 17 heavy (non-hydrogen) atoms. The smallest absolute Gasteiger partial charge is 0.0564 e. The summed E-state index contributed by atoms with van der Waals surface area (Å²) in [6.07, 6.45) is 11.9. The predicted octanol–water partition coefficient (Wildman–Crippen LogP) is 4.04. The van der Waals surface area contributed by atoms with Crippen LogP contribution in [0.3, 0.4) is 0 Å². The number of hydrogen-bond donors (Lipinski definition) is 2. The van der Waals surface area contributed by atoms with E-state index < -0.39 is 0 Å². The molecule has 0 rings (SSSR count). The van der Waals surface area contributed by atoms with E-state index >= 15 is 0 Å². The Hall–Kier alpha value is -0.0800. The molecule has 0 heterocycles. The van der Waals surface area contributed by atoms with Crippen molar-refractivity contribution in [1.82, 2.24) is 0 Å². The summed E-state index contributed by atoms with van der Waals surface area (Å²) in [4.78, 5) is 0. The minimum absolute atomic E-state index is 0.301. The third-order valence-corrected chi connectivity index (χ3v) is 3.41. The van der Waals surface area contributed by atoms with Crippen LogP contribution in [0.5, 0.6) is 0 Å². The first kappa shape index (κ1) is 16.9.